The van der Waals surface area contributed by atoms with Gasteiger partial charge in [0.25, 0.3) is 0 Å². The van der Waals surface area contributed by atoms with Gasteiger partial charge in [0.1, 0.15) is 5.84 Å². The molecule has 0 aliphatic rings. The van der Waals surface area contributed by atoms with Gasteiger partial charge in [-0.25, -0.2) is 4.98 Å². The molecule has 0 saturated carbocycles. The summed E-state index contributed by atoms with van der Waals surface area (Å²) in [6.45, 7) is 8.07. The Morgan fingerprint density at radius 3 is 2.68 bits per heavy atom. The number of thioether (sulfide) groups is 1. The molecule has 0 spiro atoms. The molecule has 19 heavy (non-hydrogen) atoms. The molecule has 0 unspecified atom stereocenters. The number of nitrogens with zero attached hydrogens (tertiary/aromatic N) is 2. The molecule has 4 nitrogen and oxygen atoms in total. The molecular weight excluding hydrogens is 258 g/mol. The fraction of sp³-hybridized carbons (Fsp3) is 0.571. The van der Waals surface area contributed by atoms with E-state index in [0.717, 1.165) is 29.3 Å². The molecular formula is C14H23N3OS. The predicted molar refractivity (Wildman–Crippen MR) is 80.9 cm³/mol. The van der Waals surface area contributed by atoms with Crippen molar-refractivity contribution in [3.05, 3.63) is 23.4 Å². The number of amidine groups is 1. The molecule has 1 rings (SSSR count). The Bertz CT molecular complexity index is 438. The van der Waals surface area contributed by atoms with Gasteiger partial charge in [-0.1, -0.05) is 19.0 Å². The van der Waals surface area contributed by atoms with Gasteiger partial charge in [0, 0.05) is 11.1 Å². The van der Waals surface area contributed by atoms with Crippen molar-refractivity contribution < 1.29 is 5.21 Å². The van der Waals surface area contributed by atoms with Crippen molar-refractivity contribution in [1.29, 1.82) is 0 Å². The second-order valence-corrected chi connectivity index (χ2v) is 6.56. The zero-order valence-electron chi connectivity index (χ0n) is 12.1. The van der Waals surface area contributed by atoms with Crippen LogP contribution in [0.5, 0.6) is 0 Å². The Kier molecular flexibility index (Phi) is 5.66. The van der Waals surface area contributed by atoms with Gasteiger partial charge in [-0.3, -0.25) is 0 Å². The largest absolute Gasteiger partial charge is 0.409 e. The van der Waals surface area contributed by atoms with Crippen molar-refractivity contribution in [3.8, 4) is 0 Å². The number of nitrogens with two attached hydrogens (primary N) is 1. The molecule has 0 bridgehead atoms. The summed E-state index contributed by atoms with van der Waals surface area (Å²) in [6, 6.07) is 4.18. The van der Waals surface area contributed by atoms with Crippen molar-refractivity contribution in [2.24, 2.45) is 16.3 Å². The van der Waals surface area contributed by atoms with Crippen LogP contribution in [-0.2, 0) is 0 Å². The van der Waals surface area contributed by atoms with E-state index >= 15 is 0 Å². The molecule has 5 heteroatoms. The van der Waals surface area contributed by atoms with E-state index in [4.69, 9.17) is 10.9 Å². The second-order valence-electron chi connectivity index (χ2n) is 5.45. The van der Waals surface area contributed by atoms with Crippen LogP contribution in [-0.4, -0.2) is 21.8 Å². The Labute approximate surface area is 119 Å². The Balaban J connectivity index is 2.43. The average Bonchev–Trinajstić information content (AvgIpc) is 2.32. The zero-order chi connectivity index (χ0) is 14.5. The van der Waals surface area contributed by atoms with Gasteiger partial charge in [-0.2, -0.15) is 0 Å². The van der Waals surface area contributed by atoms with Crippen molar-refractivity contribution in [2.75, 3.05) is 5.75 Å². The van der Waals surface area contributed by atoms with Gasteiger partial charge >= 0.3 is 0 Å². The summed E-state index contributed by atoms with van der Waals surface area (Å²) in [5, 5.41) is 12.9. The van der Waals surface area contributed by atoms with E-state index in [2.05, 4.69) is 29.2 Å². The van der Waals surface area contributed by atoms with Crippen molar-refractivity contribution >= 4 is 17.6 Å². The van der Waals surface area contributed by atoms with Crippen LogP contribution in [0.15, 0.2) is 22.3 Å². The van der Waals surface area contributed by atoms with Crippen LogP contribution in [0.4, 0.5) is 0 Å². The first kappa shape index (κ1) is 15.8. The molecule has 0 atom stereocenters. The normalized spacial score (nSPS) is 12.7. The minimum Gasteiger partial charge on any atom is -0.409 e. The number of aromatic nitrogens is 1. The van der Waals surface area contributed by atoms with Crippen molar-refractivity contribution in [1.82, 2.24) is 4.98 Å². The summed E-state index contributed by atoms with van der Waals surface area (Å²) in [5.41, 5.74) is 7.70. The average molecular weight is 281 g/mol. The molecule has 0 aliphatic carbocycles. The van der Waals surface area contributed by atoms with E-state index in [1.807, 2.05) is 20.8 Å². The Hall–Kier alpha value is -1.23. The molecule has 0 saturated heterocycles. The smallest absolute Gasteiger partial charge is 0.144 e. The predicted octanol–water partition coefficient (Wildman–Crippen LogP) is 3.34. The Morgan fingerprint density at radius 1 is 1.42 bits per heavy atom. The molecule has 0 amide bonds. The molecule has 0 aliphatic heterocycles. The Morgan fingerprint density at radius 2 is 2.11 bits per heavy atom. The third kappa shape index (κ3) is 5.11. The molecule has 1 heterocycles. The van der Waals surface area contributed by atoms with Gasteiger partial charge in [0.05, 0.1) is 5.03 Å². The fourth-order valence-corrected chi connectivity index (χ4v) is 2.81. The van der Waals surface area contributed by atoms with E-state index in [-0.39, 0.29) is 5.41 Å². The summed E-state index contributed by atoms with van der Waals surface area (Å²) in [5.74, 6) is 1.28. The lowest BCUT2D eigenvalue weighted by atomic mass is 9.87. The number of hydrogen-bond acceptors (Lipinski definition) is 4. The summed E-state index contributed by atoms with van der Waals surface area (Å²) >= 11 is 1.75. The molecule has 0 aromatic carbocycles. The highest BCUT2D eigenvalue weighted by Crippen LogP contribution is 2.25. The van der Waals surface area contributed by atoms with Crippen LogP contribution in [0, 0.1) is 19.3 Å². The van der Waals surface area contributed by atoms with Crippen LogP contribution in [0.25, 0.3) is 0 Å². The summed E-state index contributed by atoms with van der Waals surface area (Å²) in [7, 11) is 0. The van der Waals surface area contributed by atoms with Crippen molar-refractivity contribution in [3.63, 3.8) is 0 Å². The van der Waals surface area contributed by atoms with Gasteiger partial charge in [-0.15, -0.1) is 11.8 Å². The first-order valence-corrected chi connectivity index (χ1v) is 7.40. The minimum atomic E-state index is -0.259. The van der Waals surface area contributed by atoms with E-state index in [0.29, 0.717) is 5.84 Å². The van der Waals surface area contributed by atoms with Crippen LogP contribution >= 0.6 is 11.8 Å². The number of oxime groups is 1. The molecule has 1 aromatic rings. The van der Waals surface area contributed by atoms with E-state index < -0.39 is 0 Å². The van der Waals surface area contributed by atoms with Gasteiger partial charge in [0.15, 0.2) is 0 Å². The van der Waals surface area contributed by atoms with Crippen molar-refractivity contribution in [2.45, 2.75) is 45.6 Å². The number of hydrogen-bond donors (Lipinski definition) is 2. The standard InChI is InChI=1S/C14H23N3OS/c1-10-8-11(2)16-12(9-10)19-7-5-6-14(3,4)13(15)17-18/h8-9,18H,5-7H2,1-4H3,(H2,15,17). The van der Waals surface area contributed by atoms with E-state index in [9.17, 15) is 0 Å². The minimum absolute atomic E-state index is 0.259. The summed E-state index contributed by atoms with van der Waals surface area (Å²) in [6.07, 6.45) is 1.89. The SMILES string of the molecule is Cc1cc(C)nc(SCCCC(C)(C)/C(N)=N/O)c1. The number of aryl methyl sites for hydroxylation is 2. The topological polar surface area (TPSA) is 71.5 Å². The third-order valence-electron chi connectivity index (χ3n) is 3.07. The van der Waals surface area contributed by atoms with E-state index in [1.165, 1.54) is 5.56 Å². The third-order valence-corrected chi connectivity index (χ3v) is 4.07. The maximum absolute atomic E-state index is 8.71. The number of pyridine rings is 1. The highest BCUT2D eigenvalue weighted by Gasteiger charge is 2.22. The monoisotopic (exact) mass is 281 g/mol. The fourth-order valence-electron chi connectivity index (χ4n) is 1.83. The summed E-state index contributed by atoms with van der Waals surface area (Å²) in [4.78, 5) is 4.49. The lowest BCUT2D eigenvalue weighted by Crippen LogP contribution is -2.31. The van der Waals surface area contributed by atoms with Crippen LogP contribution < -0.4 is 5.73 Å². The zero-order valence-corrected chi connectivity index (χ0v) is 12.9. The molecule has 0 radical (unpaired) electrons. The first-order valence-electron chi connectivity index (χ1n) is 6.41. The van der Waals surface area contributed by atoms with Crippen LogP contribution in [0.1, 0.15) is 37.9 Å². The molecule has 1 aromatic heterocycles. The lowest BCUT2D eigenvalue weighted by molar-refractivity contribution is 0.305. The number of rotatable bonds is 6. The molecule has 3 N–H and O–H groups in total. The van der Waals surface area contributed by atoms with Crippen LogP contribution in [0.2, 0.25) is 0 Å². The highest BCUT2D eigenvalue weighted by molar-refractivity contribution is 7.99. The second kappa shape index (κ2) is 6.80. The van der Waals surface area contributed by atoms with Crippen LogP contribution in [0.3, 0.4) is 0 Å². The first-order chi connectivity index (χ1) is 8.85. The molecule has 0 fully saturated rings. The highest BCUT2D eigenvalue weighted by atomic mass is 32.2. The summed E-state index contributed by atoms with van der Waals surface area (Å²) < 4.78 is 0. The lowest BCUT2D eigenvalue weighted by Gasteiger charge is -2.22. The quantitative estimate of drug-likeness (QED) is 0.209. The van der Waals surface area contributed by atoms with Gasteiger partial charge in [0.2, 0.25) is 0 Å². The van der Waals surface area contributed by atoms with Gasteiger partial charge in [-0.05, 0) is 50.1 Å². The van der Waals surface area contributed by atoms with Gasteiger partial charge < -0.3 is 10.9 Å². The maximum Gasteiger partial charge on any atom is 0.144 e. The maximum atomic E-state index is 8.71. The molecule has 106 valence electrons. The van der Waals surface area contributed by atoms with E-state index in [1.54, 1.807) is 11.8 Å².